The van der Waals surface area contributed by atoms with Crippen molar-refractivity contribution < 1.29 is 4.39 Å². The molecule has 3 rings (SSSR count). The summed E-state index contributed by atoms with van der Waals surface area (Å²) in [5.41, 5.74) is 1.49. The summed E-state index contributed by atoms with van der Waals surface area (Å²) in [6, 6.07) is 6.46. The number of aromatic nitrogens is 3. The molecule has 0 radical (unpaired) electrons. The highest BCUT2D eigenvalue weighted by Gasteiger charge is 2.15. The topological polar surface area (TPSA) is 33.4 Å². The maximum Gasteiger partial charge on any atom is 0.180 e. The zero-order valence-electron chi connectivity index (χ0n) is 10.8. The van der Waals surface area contributed by atoms with E-state index in [1.165, 1.54) is 12.1 Å². The van der Waals surface area contributed by atoms with Gasteiger partial charge < -0.3 is 9.30 Å². The van der Waals surface area contributed by atoms with Crippen LogP contribution in [0.2, 0.25) is 0 Å². The van der Waals surface area contributed by atoms with Crippen molar-refractivity contribution in [2.24, 2.45) is 0 Å². The molecule has 0 aliphatic heterocycles. The molecule has 0 atom stereocenters. The Kier molecular flexibility index (Phi) is 3.40. The number of halogens is 2. The van der Waals surface area contributed by atoms with E-state index < -0.39 is 0 Å². The molecule has 0 amide bonds. The van der Waals surface area contributed by atoms with Crippen molar-refractivity contribution >= 4 is 33.1 Å². The molecule has 0 aliphatic carbocycles. The van der Waals surface area contributed by atoms with E-state index in [2.05, 4.69) is 25.9 Å². The van der Waals surface area contributed by atoms with Crippen LogP contribution in [0.5, 0.6) is 0 Å². The third-order valence-electron chi connectivity index (χ3n) is 3.02. The lowest BCUT2D eigenvalue weighted by Crippen LogP contribution is -2.18. The molecule has 6 heteroatoms. The van der Waals surface area contributed by atoms with Gasteiger partial charge in [-0.1, -0.05) is 6.07 Å². The molecule has 4 nitrogen and oxygen atoms in total. The van der Waals surface area contributed by atoms with Gasteiger partial charge in [-0.3, -0.25) is 0 Å². The third kappa shape index (κ3) is 2.27. The standard InChI is InChI=1S/C14H12BrFN4/c1-2-20(11-5-3-4-10(16)8-11)14-13-17-6-7-19(13)9-12(15)18-14/h3-9H,2H2,1H3. The van der Waals surface area contributed by atoms with Crippen LogP contribution in [0.1, 0.15) is 6.92 Å². The first-order chi connectivity index (χ1) is 9.69. The van der Waals surface area contributed by atoms with Crippen molar-refractivity contribution in [1.82, 2.24) is 14.4 Å². The summed E-state index contributed by atoms with van der Waals surface area (Å²) in [5, 5.41) is 0. The first kappa shape index (κ1) is 13.1. The summed E-state index contributed by atoms with van der Waals surface area (Å²) in [7, 11) is 0. The van der Waals surface area contributed by atoms with Crippen LogP contribution in [0.4, 0.5) is 15.9 Å². The predicted molar refractivity (Wildman–Crippen MR) is 79.8 cm³/mol. The second kappa shape index (κ2) is 5.20. The van der Waals surface area contributed by atoms with Gasteiger partial charge in [-0.05, 0) is 41.1 Å². The van der Waals surface area contributed by atoms with Crippen LogP contribution < -0.4 is 4.90 Å². The van der Waals surface area contributed by atoms with Crippen LogP contribution in [-0.4, -0.2) is 20.9 Å². The van der Waals surface area contributed by atoms with E-state index in [9.17, 15) is 4.39 Å². The van der Waals surface area contributed by atoms with Crippen molar-refractivity contribution in [2.45, 2.75) is 6.92 Å². The minimum atomic E-state index is -0.268. The van der Waals surface area contributed by atoms with Crippen LogP contribution in [0.3, 0.4) is 0 Å². The number of rotatable bonds is 3. The summed E-state index contributed by atoms with van der Waals surface area (Å²) in [5.74, 6) is 0.424. The van der Waals surface area contributed by atoms with Crippen LogP contribution >= 0.6 is 15.9 Å². The Morgan fingerprint density at radius 2 is 2.25 bits per heavy atom. The fourth-order valence-electron chi connectivity index (χ4n) is 2.16. The van der Waals surface area contributed by atoms with Crippen LogP contribution in [0, 0.1) is 5.82 Å². The van der Waals surface area contributed by atoms with Gasteiger partial charge in [0.1, 0.15) is 10.4 Å². The van der Waals surface area contributed by atoms with Crippen LogP contribution in [0.15, 0.2) is 47.5 Å². The summed E-state index contributed by atoms with van der Waals surface area (Å²) in [6.45, 7) is 2.66. The highest BCUT2D eigenvalue weighted by atomic mass is 79.9. The van der Waals surface area contributed by atoms with Gasteiger partial charge in [0.05, 0.1) is 0 Å². The molecule has 2 heterocycles. The fourth-order valence-corrected chi connectivity index (χ4v) is 2.55. The van der Waals surface area contributed by atoms with Gasteiger partial charge in [0.25, 0.3) is 0 Å². The molecule has 0 fully saturated rings. The van der Waals surface area contributed by atoms with Gasteiger partial charge in [0, 0.05) is 30.8 Å². The summed E-state index contributed by atoms with van der Waals surface area (Å²) >= 11 is 3.39. The molecule has 20 heavy (non-hydrogen) atoms. The minimum Gasteiger partial charge on any atom is -0.323 e. The zero-order chi connectivity index (χ0) is 14.1. The van der Waals surface area contributed by atoms with E-state index in [0.29, 0.717) is 17.0 Å². The summed E-state index contributed by atoms with van der Waals surface area (Å²) in [4.78, 5) is 10.7. The van der Waals surface area contributed by atoms with Gasteiger partial charge in [-0.25, -0.2) is 14.4 Å². The SMILES string of the molecule is CCN(c1cccc(F)c1)c1nc(Br)cn2ccnc12. The number of anilines is 2. The smallest absolute Gasteiger partial charge is 0.180 e. The predicted octanol–water partition coefficient (Wildman–Crippen LogP) is 3.79. The molecule has 0 aliphatic rings. The molecule has 0 spiro atoms. The molecule has 2 aromatic heterocycles. The van der Waals surface area contributed by atoms with E-state index in [1.807, 2.05) is 34.7 Å². The van der Waals surface area contributed by atoms with Crippen molar-refractivity contribution in [3.05, 3.63) is 53.3 Å². The van der Waals surface area contributed by atoms with Crippen LogP contribution in [-0.2, 0) is 0 Å². The fraction of sp³-hybridized carbons (Fsp3) is 0.143. The maximum absolute atomic E-state index is 13.4. The highest BCUT2D eigenvalue weighted by Crippen LogP contribution is 2.28. The summed E-state index contributed by atoms with van der Waals surface area (Å²) in [6.07, 6.45) is 5.41. The molecular formula is C14H12BrFN4. The Morgan fingerprint density at radius 1 is 1.40 bits per heavy atom. The van der Waals surface area contributed by atoms with E-state index >= 15 is 0 Å². The van der Waals surface area contributed by atoms with Crippen molar-refractivity contribution in [3.63, 3.8) is 0 Å². The number of nitrogens with zero attached hydrogens (tertiary/aromatic N) is 4. The Balaban J connectivity index is 2.18. The van der Waals surface area contributed by atoms with Crippen molar-refractivity contribution in [2.75, 3.05) is 11.4 Å². The number of benzene rings is 1. The lowest BCUT2D eigenvalue weighted by molar-refractivity contribution is 0.627. The molecule has 0 unspecified atom stereocenters. The number of fused-ring (bicyclic) bond motifs is 1. The van der Waals surface area contributed by atoms with Crippen molar-refractivity contribution in [3.8, 4) is 0 Å². The molecule has 0 saturated carbocycles. The van der Waals surface area contributed by atoms with Gasteiger partial charge in [0.15, 0.2) is 11.5 Å². The average molecular weight is 335 g/mol. The first-order valence-electron chi connectivity index (χ1n) is 6.21. The molecular weight excluding hydrogens is 323 g/mol. The van der Waals surface area contributed by atoms with E-state index in [0.717, 1.165) is 11.3 Å². The Morgan fingerprint density at radius 3 is 3.00 bits per heavy atom. The van der Waals surface area contributed by atoms with Crippen LogP contribution in [0.25, 0.3) is 5.65 Å². The maximum atomic E-state index is 13.4. The zero-order valence-corrected chi connectivity index (χ0v) is 12.4. The lowest BCUT2D eigenvalue weighted by Gasteiger charge is -2.22. The molecule has 3 aromatic rings. The largest absolute Gasteiger partial charge is 0.323 e. The quantitative estimate of drug-likeness (QED) is 0.730. The van der Waals surface area contributed by atoms with E-state index in [1.54, 1.807) is 12.3 Å². The molecule has 0 saturated heterocycles. The molecule has 102 valence electrons. The lowest BCUT2D eigenvalue weighted by atomic mass is 10.2. The van der Waals surface area contributed by atoms with Gasteiger partial charge in [-0.15, -0.1) is 0 Å². The molecule has 0 bridgehead atoms. The average Bonchev–Trinajstić information content (AvgIpc) is 2.87. The minimum absolute atomic E-state index is 0.268. The van der Waals surface area contributed by atoms with E-state index in [-0.39, 0.29) is 5.82 Å². The third-order valence-corrected chi connectivity index (χ3v) is 3.40. The van der Waals surface area contributed by atoms with Gasteiger partial charge in [-0.2, -0.15) is 0 Å². The Bertz CT molecular complexity index is 756. The highest BCUT2D eigenvalue weighted by molar-refractivity contribution is 9.10. The Labute approximate surface area is 124 Å². The second-order valence-electron chi connectivity index (χ2n) is 4.27. The number of imidazole rings is 1. The number of hydrogen-bond acceptors (Lipinski definition) is 3. The van der Waals surface area contributed by atoms with Crippen molar-refractivity contribution in [1.29, 1.82) is 0 Å². The summed E-state index contributed by atoms with van der Waals surface area (Å²) < 4.78 is 16.0. The van der Waals surface area contributed by atoms with E-state index in [4.69, 9.17) is 0 Å². The molecule has 1 aromatic carbocycles. The normalized spacial score (nSPS) is 10.9. The second-order valence-corrected chi connectivity index (χ2v) is 5.08. The van der Waals surface area contributed by atoms with Gasteiger partial charge >= 0.3 is 0 Å². The first-order valence-corrected chi connectivity index (χ1v) is 7.00. The number of hydrogen-bond donors (Lipinski definition) is 0. The Hall–Kier alpha value is -1.95. The monoisotopic (exact) mass is 334 g/mol. The van der Waals surface area contributed by atoms with Gasteiger partial charge in [0.2, 0.25) is 0 Å². The molecule has 0 N–H and O–H groups in total.